The fourth-order valence-electron chi connectivity index (χ4n) is 6.87. The minimum absolute atomic E-state index is 0.0191. The Bertz CT molecular complexity index is 3760. The van der Waals surface area contributed by atoms with Gasteiger partial charge in [-0.1, -0.05) is 121 Å². The smallest absolute Gasteiger partial charge is 0.238 e. The summed E-state index contributed by atoms with van der Waals surface area (Å²) in [7, 11) is 0. The lowest BCUT2D eigenvalue weighted by Gasteiger charge is -2.11. The first kappa shape index (κ1) is 19.2. The van der Waals surface area contributed by atoms with Crippen molar-refractivity contribution in [2.45, 2.75) is 0 Å². The lowest BCUT2D eigenvalue weighted by atomic mass is 9.99. The predicted octanol–water partition coefficient (Wildman–Crippen LogP) is 11.8. The van der Waals surface area contributed by atoms with Gasteiger partial charge >= 0.3 is 0 Å². The van der Waals surface area contributed by atoms with Gasteiger partial charge in [-0.2, -0.15) is 9.97 Å². The van der Waals surface area contributed by atoms with Crippen LogP contribution in [0, 0.1) is 0 Å². The largest absolute Gasteiger partial charge is 0.456 e. The Morgan fingerprint density at radius 2 is 1.25 bits per heavy atom. The molecule has 0 unspecified atom stereocenters. The van der Waals surface area contributed by atoms with E-state index in [1.165, 1.54) is 0 Å². The molecule has 0 aliphatic carbocycles. The van der Waals surface area contributed by atoms with E-state index in [1.807, 2.05) is 60.7 Å². The number of furan rings is 2. The van der Waals surface area contributed by atoms with Crippen molar-refractivity contribution < 1.29 is 23.9 Å². The van der Waals surface area contributed by atoms with Crippen molar-refractivity contribution in [2.24, 2.45) is 0 Å². The van der Waals surface area contributed by atoms with Gasteiger partial charge in [-0.15, -0.1) is 0 Å². The molecule has 0 aliphatic rings. The fraction of sp³-hybridized carbons (Fsp3) is 0. The molecule has 0 radical (unpaired) electrons. The zero-order valence-corrected chi connectivity index (χ0v) is 26.3. The summed E-state index contributed by atoms with van der Waals surface area (Å²) in [6.07, 6.45) is 0. The summed E-state index contributed by atoms with van der Waals surface area (Å²) in [6, 6.07) is 22.0. The van der Waals surface area contributed by atoms with Crippen LogP contribution in [0.4, 0.5) is 0 Å². The van der Waals surface area contributed by atoms with E-state index in [2.05, 4.69) is 4.98 Å². The van der Waals surface area contributed by atoms with Gasteiger partial charge in [-0.3, -0.25) is 4.57 Å². The number of rotatable bonds is 4. The quantitative estimate of drug-likeness (QED) is 0.187. The molecule has 11 aromatic rings. The van der Waals surface area contributed by atoms with Gasteiger partial charge in [0, 0.05) is 43.4 Å². The second-order valence-electron chi connectivity index (χ2n) is 11.9. The van der Waals surface area contributed by atoms with Gasteiger partial charge in [-0.05, 0) is 47.5 Å². The summed E-state index contributed by atoms with van der Waals surface area (Å²) >= 11 is 0. The molecule has 4 aromatic heterocycles. The third kappa shape index (κ3) is 4.20. The van der Waals surface area contributed by atoms with Crippen molar-refractivity contribution in [3.05, 3.63) is 157 Å². The van der Waals surface area contributed by atoms with Crippen molar-refractivity contribution in [2.75, 3.05) is 0 Å². The van der Waals surface area contributed by atoms with E-state index < -0.39 is 60.4 Å². The maximum absolute atomic E-state index is 9.60. The maximum Gasteiger partial charge on any atom is 0.238 e. The molecular formula is C45H26N4O2. The first-order valence-electron chi connectivity index (χ1n) is 21.6. The van der Waals surface area contributed by atoms with Crippen LogP contribution in [0.1, 0.15) is 15.1 Å². The van der Waals surface area contributed by atoms with Crippen molar-refractivity contribution in [1.82, 2.24) is 19.5 Å². The van der Waals surface area contributed by atoms with Crippen molar-refractivity contribution in [1.29, 1.82) is 0 Å². The van der Waals surface area contributed by atoms with Gasteiger partial charge < -0.3 is 8.83 Å². The molecule has 0 spiro atoms. The molecule has 6 nitrogen and oxygen atoms in total. The van der Waals surface area contributed by atoms with E-state index in [-0.39, 0.29) is 62.3 Å². The van der Waals surface area contributed by atoms with E-state index in [4.69, 9.17) is 29.8 Å². The van der Waals surface area contributed by atoms with Gasteiger partial charge in [0.1, 0.15) is 22.3 Å². The highest BCUT2D eigenvalue weighted by molar-refractivity contribution is 6.21. The zero-order valence-electron chi connectivity index (χ0n) is 37.3. The van der Waals surface area contributed by atoms with Crippen LogP contribution in [-0.2, 0) is 0 Å². The van der Waals surface area contributed by atoms with E-state index in [0.29, 0.717) is 27.8 Å². The van der Waals surface area contributed by atoms with Gasteiger partial charge in [-0.25, -0.2) is 4.98 Å². The van der Waals surface area contributed by atoms with Crippen molar-refractivity contribution in [3.63, 3.8) is 0 Å². The molecule has 238 valence electrons. The highest BCUT2D eigenvalue weighted by Crippen LogP contribution is 2.41. The summed E-state index contributed by atoms with van der Waals surface area (Å²) in [5.74, 6) is -0.817. The Kier molecular flexibility index (Phi) is 4.04. The Balaban J connectivity index is 1.28. The Morgan fingerprint density at radius 1 is 0.490 bits per heavy atom. The third-order valence-electron chi connectivity index (χ3n) is 9.09. The maximum atomic E-state index is 9.60. The van der Waals surface area contributed by atoms with E-state index in [0.717, 1.165) is 21.5 Å². The SMILES string of the molecule is [2H]c1c([2H])c([2H])c(-c2nc(-c3c([2H])c([2H])c4c(oc5c([2H])c([2H])c([2H])c(-c6ccccc6)c54)c3[2H])nc(-n3c4ccccc4c4ccc5c6ccccc6oc5c43)n2)c([2H])c1[2H]. The number of hydrogen-bond donors (Lipinski definition) is 0. The number of para-hydroxylation sites is 2. The molecule has 0 aliphatic heterocycles. The predicted molar refractivity (Wildman–Crippen MR) is 205 cm³/mol. The number of fused-ring (bicyclic) bond motifs is 10. The zero-order chi connectivity index (χ0) is 43.0. The van der Waals surface area contributed by atoms with E-state index in [9.17, 15) is 4.11 Å². The van der Waals surface area contributed by atoms with Crippen LogP contribution in [0.2, 0.25) is 0 Å². The van der Waals surface area contributed by atoms with Crippen LogP contribution in [0.3, 0.4) is 0 Å². The normalized spacial score (nSPS) is 14.9. The molecule has 0 amide bonds. The highest BCUT2D eigenvalue weighted by Gasteiger charge is 2.22. The monoisotopic (exact) mass is 665 g/mol. The molecule has 7 aromatic carbocycles. The van der Waals surface area contributed by atoms with Gasteiger partial charge in [0.05, 0.1) is 20.6 Å². The van der Waals surface area contributed by atoms with Crippen LogP contribution in [0.15, 0.2) is 166 Å². The summed E-state index contributed by atoms with van der Waals surface area (Å²) < 4.78 is 112. The molecule has 0 bridgehead atoms. The van der Waals surface area contributed by atoms with Crippen LogP contribution >= 0.6 is 0 Å². The molecule has 4 heterocycles. The number of nitrogens with zero attached hydrogens (tertiary/aromatic N) is 4. The average Bonchev–Trinajstić information content (AvgIpc) is 3.97. The van der Waals surface area contributed by atoms with E-state index >= 15 is 0 Å². The minimum atomic E-state index is -0.632. The standard InChI is InChI=1S/C45H26N4O2/c1-3-12-27(13-4-1)30-18-11-21-38-40(30)35-23-22-29(26-39(35)50-38)44-46-43(28-14-5-2-6-15-28)47-45(48-44)49-36-19-9-7-16-31(36)33-24-25-34-32-17-8-10-20-37(32)51-42(34)41(33)49/h1-26H/i2D,5D,6D,11D,14D,15D,18D,21D,22D,23D,26D. The first-order valence-corrected chi connectivity index (χ1v) is 16.1. The molecule has 6 heteroatoms. The number of aromatic nitrogens is 4. The van der Waals surface area contributed by atoms with Gasteiger partial charge in [0.2, 0.25) is 5.95 Å². The van der Waals surface area contributed by atoms with Gasteiger partial charge in [0.25, 0.3) is 0 Å². The third-order valence-corrected chi connectivity index (χ3v) is 9.09. The minimum Gasteiger partial charge on any atom is -0.456 e. The average molecular weight is 666 g/mol. The highest BCUT2D eigenvalue weighted by atomic mass is 16.3. The van der Waals surface area contributed by atoms with E-state index in [1.54, 1.807) is 34.9 Å². The first-order chi connectivity index (χ1) is 29.9. The summed E-state index contributed by atoms with van der Waals surface area (Å²) in [5.41, 5.74) is 1.96. The summed E-state index contributed by atoms with van der Waals surface area (Å²) in [4.78, 5) is 14.3. The van der Waals surface area contributed by atoms with Crippen LogP contribution in [0.5, 0.6) is 0 Å². The topological polar surface area (TPSA) is 69.9 Å². The molecule has 0 atom stereocenters. The lowest BCUT2D eigenvalue weighted by Crippen LogP contribution is -2.06. The summed E-state index contributed by atoms with van der Waals surface area (Å²) in [6.45, 7) is 0. The fourth-order valence-corrected chi connectivity index (χ4v) is 6.87. The molecule has 51 heavy (non-hydrogen) atoms. The van der Waals surface area contributed by atoms with Crippen molar-refractivity contribution in [3.8, 4) is 39.9 Å². The molecule has 0 N–H and O–H groups in total. The van der Waals surface area contributed by atoms with Crippen molar-refractivity contribution >= 4 is 65.7 Å². The number of benzene rings is 7. The Hall–Kier alpha value is -7.05. The van der Waals surface area contributed by atoms with Crippen LogP contribution in [-0.4, -0.2) is 19.5 Å². The second kappa shape index (κ2) is 10.7. The summed E-state index contributed by atoms with van der Waals surface area (Å²) in [5, 5.41) is 3.32. The lowest BCUT2D eigenvalue weighted by molar-refractivity contribution is 0.669. The molecule has 11 rings (SSSR count). The van der Waals surface area contributed by atoms with Crippen LogP contribution in [0.25, 0.3) is 106 Å². The van der Waals surface area contributed by atoms with Crippen LogP contribution < -0.4 is 0 Å². The molecular weight excluding hydrogens is 629 g/mol. The molecule has 0 saturated carbocycles. The Labute approximate surface area is 306 Å². The van der Waals surface area contributed by atoms with Gasteiger partial charge in [0.15, 0.2) is 17.2 Å². The molecule has 0 fully saturated rings. The Morgan fingerprint density at radius 3 is 2.14 bits per heavy atom. The number of hydrogen-bond acceptors (Lipinski definition) is 5. The molecule has 0 saturated heterocycles. The second-order valence-corrected chi connectivity index (χ2v) is 11.9.